The van der Waals surface area contributed by atoms with Crippen LogP contribution in [0.15, 0.2) is 59.6 Å². The standard InChI is InChI=1S/C23H22N2O2/c1-23(2,3)16-12-10-14(11-13-16)19-17-18(21(26)24-19)20(25(4)22(17)27)15-8-6-5-7-9-15/h5-13,27H,1-4H3. The maximum atomic E-state index is 12.7. The van der Waals surface area contributed by atoms with Crippen molar-refractivity contribution in [3.8, 4) is 17.1 Å². The molecule has 0 radical (unpaired) electrons. The van der Waals surface area contributed by atoms with Crippen molar-refractivity contribution in [2.45, 2.75) is 26.2 Å². The van der Waals surface area contributed by atoms with Gasteiger partial charge in [0.1, 0.15) is 0 Å². The van der Waals surface area contributed by atoms with Gasteiger partial charge in [0.15, 0.2) is 0 Å². The van der Waals surface area contributed by atoms with Crippen molar-refractivity contribution in [1.82, 2.24) is 4.57 Å². The average Bonchev–Trinajstić information content (AvgIpc) is 3.11. The van der Waals surface area contributed by atoms with E-state index < -0.39 is 0 Å². The first-order chi connectivity index (χ1) is 12.8. The third-order valence-electron chi connectivity index (χ3n) is 5.10. The highest BCUT2D eigenvalue weighted by molar-refractivity contribution is 6.30. The van der Waals surface area contributed by atoms with Crippen LogP contribution in [0.4, 0.5) is 0 Å². The van der Waals surface area contributed by atoms with E-state index in [1.165, 1.54) is 5.56 Å². The molecule has 0 saturated carbocycles. The molecule has 0 unspecified atom stereocenters. The van der Waals surface area contributed by atoms with Crippen LogP contribution in [0.5, 0.6) is 5.88 Å². The van der Waals surface area contributed by atoms with Gasteiger partial charge in [0.2, 0.25) is 5.88 Å². The molecule has 27 heavy (non-hydrogen) atoms. The van der Waals surface area contributed by atoms with Gasteiger partial charge in [-0.15, -0.1) is 0 Å². The molecule has 0 bridgehead atoms. The average molecular weight is 358 g/mol. The second kappa shape index (κ2) is 5.95. The number of benzene rings is 2. The van der Waals surface area contributed by atoms with Crippen molar-refractivity contribution >= 4 is 11.6 Å². The van der Waals surface area contributed by atoms with Crippen molar-refractivity contribution in [2.24, 2.45) is 12.0 Å². The van der Waals surface area contributed by atoms with Gasteiger partial charge in [0.25, 0.3) is 5.91 Å². The Morgan fingerprint density at radius 1 is 0.889 bits per heavy atom. The van der Waals surface area contributed by atoms with Crippen LogP contribution in [0, 0.1) is 0 Å². The highest BCUT2D eigenvalue weighted by Gasteiger charge is 2.35. The Morgan fingerprint density at radius 2 is 1.52 bits per heavy atom. The van der Waals surface area contributed by atoms with Crippen LogP contribution in [-0.4, -0.2) is 21.3 Å². The molecule has 0 spiro atoms. The molecule has 1 N–H and O–H groups in total. The molecule has 1 aliphatic rings. The predicted octanol–water partition coefficient (Wildman–Crippen LogP) is 4.69. The topological polar surface area (TPSA) is 54.6 Å². The van der Waals surface area contributed by atoms with E-state index in [2.05, 4.69) is 37.9 Å². The van der Waals surface area contributed by atoms with Gasteiger partial charge < -0.3 is 9.67 Å². The summed E-state index contributed by atoms with van der Waals surface area (Å²) in [7, 11) is 1.77. The number of carbonyl (C=O) groups excluding carboxylic acids is 1. The Hall–Kier alpha value is -3.14. The Kier molecular flexibility index (Phi) is 3.81. The van der Waals surface area contributed by atoms with Gasteiger partial charge in [-0.1, -0.05) is 75.4 Å². The predicted molar refractivity (Wildman–Crippen MR) is 108 cm³/mol. The van der Waals surface area contributed by atoms with E-state index in [-0.39, 0.29) is 17.2 Å². The van der Waals surface area contributed by atoms with Gasteiger partial charge in [-0.05, 0) is 16.5 Å². The van der Waals surface area contributed by atoms with Crippen molar-refractivity contribution in [1.29, 1.82) is 0 Å². The SMILES string of the molecule is Cn1c(O)c2c(c1-c1ccccc1)C(=O)N=C2c1ccc(C(C)(C)C)cc1. The summed E-state index contributed by atoms with van der Waals surface area (Å²) in [5, 5.41) is 10.8. The van der Waals surface area contributed by atoms with Crippen molar-refractivity contribution < 1.29 is 9.90 Å². The van der Waals surface area contributed by atoms with Crippen molar-refractivity contribution in [2.75, 3.05) is 0 Å². The minimum Gasteiger partial charge on any atom is -0.494 e. The van der Waals surface area contributed by atoms with E-state index >= 15 is 0 Å². The quantitative estimate of drug-likeness (QED) is 0.723. The normalized spacial score (nSPS) is 13.6. The highest BCUT2D eigenvalue weighted by atomic mass is 16.3. The molecule has 0 fully saturated rings. The highest BCUT2D eigenvalue weighted by Crippen LogP contribution is 2.40. The lowest BCUT2D eigenvalue weighted by atomic mass is 9.86. The molecule has 1 aliphatic heterocycles. The van der Waals surface area contributed by atoms with Gasteiger partial charge in [-0.25, -0.2) is 4.99 Å². The summed E-state index contributed by atoms with van der Waals surface area (Å²) in [6.45, 7) is 6.48. The number of aromatic nitrogens is 1. The van der Waals surface area contributed by atoms with Crippen molar-refractivity contribution in [3.63, 3.8) is 0 Å². The van der Waals surface area contributed by atoms with Crippen LogP contribution in [0.25, 0.3) is 11.3 Å². The number of hydrogen-bond donors (Lipinski definition) is 1. The third kappa shape index (κ3) is 2.69. The lowest BCUT2D eigenvalue weighted by molar-refractivity contribution is 0.101. The number of aliphatic imine (C=N–C) groups is 1. The first-order valence-electron chi connectivity index (χ1n) is 9.00. The van der Waals surface area contributed by atoms with E-state index in [4.69, 9.17) is 0 Å². The van der Waals surface area contributed by atoms with Crippen LogP contribution < -0.4 is 0 Å². The first-order valence-corrected chi connectivity index (χ1v) is 9.00. The molecule has 3 aromatic rings. The van der Waals surface area contributed by atoms with Gasteiger partial charge in [-0.3, -0.25) is 4.79 Å². The number of amides is 1. The monoisotopic (exact) mass is 358 g/mol. The molecule has 136 valence electrons. The number of carbonyl (C=O) groups is 1. The second-order valence-electron chi connectivity index (χ2n) is 7.94. The largest absolute Gasteiger partial charge is 0.494 e. The third-order valence-corrected chi connectivity index (χ3v) is 5.10. The molecule has 2 heterocycles. The van der Waals surface area contributed by atoms with Crippen molar-refractivity contribution in [3.05, 3.63) is 76.9 Å². The maximum absolute atomic E-state index is 12.7. The zero-order chi connectivity index (χ0) is 19.3. The summed E-state index contributed by atoms with van der Waals surface area (Å²) in [5.41, 5.74) is 5.18. The molecule has 0 saturated heterocycles. The fraction of sp³-hybridized carbons (Fsp3) is 0.217. The van der Waals surface area contributed by atoms with Crippen LogP contribution in [0.3, 0.4) is 0 Å². The summed E-state index contributed by atoms with van der Waals surface area (Å²) in [4.78, 5) is 17.0. The fourth-order valence-corrected chi connectivity index (χ4v) is 3.59. The molecule has 4 heteroatoms. The molecule has 1 amide bonds. The number of aromatic hydroxyl groups is 1. The zero-order valence-electron chi connectivity index (χ0n) is 15.9. The molecule has 0 atom stereocenters. The number of rotatable bonds is 2. The van der Waals surface area contributed by atoms with E-state index in [0.29, 0.717) is 22.5 Å². The minimum absolute atomic E-state index is 0.0480. The number of nitrogens with zero attached hydrogens (tertiary/aromatic N) is 2. The van der Waals surface area contributed by atoms with E-state index in [9.17, 15) is 9.90 Å². The molecular formula is C23H22N2O2. The molecular weight excluding hydrogens is 336 g/mol. The Bertz CT molecular complexity index is 1070. The Labute approximate surface area is 158 Å². The molecule has 4 rings (SSSR count). The molecule has 2 aromatic carbocycles. The van der Waals surface area contributed by atoms with Gasteiger partial charge in [-0.2, -0.15) is 0 Å². The van der Waals surface area contributed by atoms with Gasteiger partial charge in [0, 0.05) is 12.6 Å². The summed E-state index contributed by atoms with van der Waals surface area (Å²) in [6, 6.07) is 17.7. The second-order valence-corrected chi connectivity index (χ2v) is 7.94. The summed E-state index contributed by atoms with van der Waals surface area (Å²) in [5.74, 6) is -0.247. The van der Waals surface area contributed by atoms with Crippen LogP contribution >= 0.6 is 0 Å². The summed E-state index contributed by atoms with van der Waals surface area (Å²) in [6.07, 6.45) is 0. The van der Waals surface area contributed by atoms with E-state index in [1.807, 2.05) is 42.5 Å². The lowest BCUT2D eigenvalue weighted by Crippen LogP contribution is -2.11. The fourth-order valence-electron chi connectivity index (χ4n) is 3.59. The van der Waals surface area contributed by atoms with Crippen LogP contribution in [-0.2, 0) is 12.5 Å². The smallest absolute Gasteiger partial charge is 0.280 e. The van der Waals surface area contributed by atoms with Crippen LogP contribution in [0.1, 0.15) is 47.8 Å². The Balaban J connectivity index is 1.86. The Morgan fingerprint density at radius 3 is 2.11 bits per heavy atom. The lowest BCUT2D eigenvalue weighted by Gasteiger charge is -2.19. The molecule has 1 aromatic heterocycles. The molecule has 4 nitrogen and oxygen atoms in total. The van der Waals surface area contributed by atoms with E-state index in [1.54, 1.807) is 11.6 Å². The van der Waals surface area contributed by atoms with Gasteiger partial charge in [0.05, 0.1) is 22.5 Å². The van der Waals surface area contributed by atoms with Crippen LogP contribution in [0.2, 0.25) is 0 Å². The number of fused-ring (bicyclic) bond motifs is 1. The number of hydrogen-bond acceptors (Lipinski definition) is 2. The summed E-state index contributed by atoms with van der Waals surface area (Å²) >= 11 is 0. The first kappa shape index (κ1) is 17.3. The van der Waals surface area contributed by atoms with E-state index in [0.717, 1.165) is 11.1 Å². The summed E-state index contributed by atoms with van der Waals surface area (Å²) < 4.78 is 1.66. The zero-order valence-corrected chi connectivity index (χ0v) is 15.9. The maximum Gasteiger partial charge on any atom is 0.280 e. The van der Waals surface area contributed by atoms with Gasteiger partial charge >= 0.3 is 0 Å². The molecule has 0 aliphatic carbocycles. The minimum atomic E-state index is -0.311.